The number of rotatable bonds is 2. The summed E-state index contributed by atoms with van der Waals surface area (Å²) in [4.78, 5) is 5.43. The normalized spacial score (nSPS) is 24.2. The summed E-state index contributed by atoms with van der Waals surface area (Å²) in [6.07, 6.45) is -4.98. The highest BCUT2D eigenvalue weighted by molar-refractivity contribution is 7.11. The van der Waals surface area contributed by atoms with Crippen molar-refractivity contribution in [2.24, 2.45) is 0 Å². The largest absolute Gasteiger partial charge is 0.443 e. The van der Waals surface area contributed by atoms with E-state index >= 15 is 0 Å². The topological polar surface area (TPSA) is 45.6 Å². The van der Waals surface area contributed by atoms with Crippen LogP contribution in [0.3, 0.4) is 0 Å². The fourth-order valence-electron chi connectivity index (χ4n) is 1.74. The van der Waals surface area contributed by atoms with E-state index in [-0.39, 0.29) is 4.88 Å². The Morgan fingerprint density at radius 3 is 2.89 bits per heavy atom. The lowest BCUT2D eigenvalue weighted by Gasteiger charge is -2.32. The first kappa shape index (κ1) is 13.7. The molecule has 1 saturated heterocycles. The minimum atomic E-state index is -4.47. The number of aliphatic hydroxyl groups is 1. The number of thiazole rings is 1. The minimum absolute atomic E-state index is 0.183. The van der Waals surface area contributed by atoms with Crippen LogP contribution in [-0.4, -0.2) is 47.8 Å². The van der Waals surface area contributed by atoms with Crippen LogP contribution in [0.4, 0.5) is 13.2 Å². The monoisotopic (exact) mass is 282 g/mol. The molecule has 2 atom stereocenters. The third-order valence-corrected chi connectivity index (χ3v) is 3.82. The molecule has 1 aliphatic heterocycles. The zero-order chi connectivity index (χ0) is 13.3. The number of hydrogen-bond donors (Lipinski definition) is 1. The first-order valence-corrected chi connectivity index (χ1v) is 6.20. The molecule has 2 heterocycles. The Labute approximate surface area is 106 Å². The van der Waals surface area contributed by atoms with E-state index in [2.05, 4.69) is 4.98 Å². The molecule has 0 saturated carbocycles. The van der Waals surface area contributed by atoms with Crippen LogP contribution < -0.4 is 0 Å². The highest BCUT2D eigenvalue weighted by atomic mass is 32.1. The van der Waals surface area contributed by atoms with Gasteiger partial charge in [0.25, 0.3) is 0 Å². The van der Waals surface area contributed by atoms with E-state index in [0.717, 1.165) is 12.7 Å². The molecule has 1 aliphatic rings. The highest BCUT2D eigenvalue weighted by Gasteiger charge is 2.36. The third kappa shape index (κ3) is 3.00. The molecule has 0 aliphatic carbocycles. The van der Waals surface area contributed by atoms with Crippen LogP contribution in [0.25, 0.3) is 0 Å². The fourth-order valence-corrected chi connectivity index (χ4v) is 2.56. The van der Waals surface area contributed by atoms with Gasteiger partial charge < -0.3 is 14.7 Å². The van der Waals surface area contributed by atoms with Gasteiger partial charge in [0.1, 0.15) is 12.2 Å². The van der Waals surface area contributed by atoms with E-state index in [1.54, 1.807) is 0 Å². The Hall–Kier alpha value is -0.700. The van der Waals surface area contributed by atoms with Gasteiger partial charge in [0.05, 0.1) is 11.5 Å². The van der Waals surface area contributed by atoms with Gasteiger partial charge in [-0.25, -0.2) is 4.98 Å². The van der Waals surface area contributed by atoms with Crippen molar-refractivity contribution in [3.8, 4) is 0 Å². The summed E-state index contributed by atoms with van der Waals surface area (Å²) < 4.78 is 42.6. The van der Waals surface area contributed by atoms with Gasteiger partial charge in [-0.1, -0.05) is 0 Å². The smallest absolute Gasteiger partial charge is 0.385 e. The number of halogens is 3. The van der Waals surface area contributed by atoms with E-state index in [9.17, 15) is 18.3 Å². The van der Waals surface area contributed by atoms with Gasteiger partial charge in [0.2, 0.25) is 0 Å². The lowest BCUT2D eigenvalue weighted by molar-refractivity contribution is -0.137. The lowest BCUT2D eigenvalue weighted by Crippen LogP contribution is -2.42. The van der Waals surface area contributed by atoms with E-state index in [1.165, 1.54) is 0 Å². The average molecular weight is 282 g/mol. The first-order valence-electron chi connectivity index (χ1n) is 5.39. The summed E-state index contributed by atoms with van der Waals surface area (Å²) >= 11 is 0.458. The second-order valence-electron chi connectivity index (χ2n) is 4.18. The number of alkyl halides is 3. The quantitative estimate of drug-likeness (QED) is 0.893. The molecule has 0 spiro atoms. The summed E-state index contributed by atoms with van der Waals surface area (Å²) in [6, 6.07) is 0. The molecule has 0 radical (unpaired) electrons. The summed E-state index contributed by atoms with van der Waals surface area (Å²) in [6.45, 7) is 1.70. The zero-order valence-corrected chi connectivity index (χ0v) is 10.5. The molecule has 102 valence electrons. The van der Waals surface area contributed by atoms with E-state index in [4.69, 9.17) is 4.74 Å². The molecular formula is C10H13F3N2O2S. The predicted molar refractivity (Wildman–Crippen MR) is 59.3 cm³/mol. The van der Waals surface area contributed by atoms with Gasteiger partial charge in [0, 0.05) is 19.3 Å². The zero-order valence-electron chi connectivity index (χ0n) is 9.65. The minimum Gasteiger partial charge on any atom is -0.385 e. The van der Waals surface area contributed by atoms with E-state index in [1.807, 2.05) is 11.9 Å². The molecule has 8 heteroatoms. The van der Waals surface area contributed by atoms with E-state index in [0.29, 0.717) is 24.5 Å². The number of aliphatic hydroxyl groups excluding tert-OH is 1. The number of hydrogen-bond acceptors (Lipinski definition) is 5. The van der Waals surface area contributed by atoms with Crippen molar-refractivity contribution in [2.75, 3.05) is 26.7 Å². The number of nitrogens with zero attached hydrogens (tertiary/aromatic N) is 2. The van der Waals surface area contributed by atoms with Crippen LogP contribution in [-0.2, 0) is 10.9 Å². The summed E-state index contributed by atoms with van der Waals surface area (Å²) in [5.41, 5.74) is 0. The molecule has 1 aromatic heterocycles. The Balaban J connectivity index is 2.09. The predicted octanol–water partition coefficient (Wildman–Crippen LogP) is 1.53. The number of aromatic nitrogens is 1. The SMILES string of the molecule is CN1CCOC(C(O)c2cnc(C(F)(F)F)s2)C1. The molecule has 4 nitrogen and oxygen atoms in total. The molecular weight excluding hydrogens is 269 g/mol. The molecule has 1 N–H and O–H groups in total. The van der Waals surface area contributed by atoms with Crippen LogP contribution in [0.15, 0.2) is 6.20 Å². The fraction of sp³-hybridized carbons (Fsp3) is 0.700. The van der Waals surface area contributed by atoms with Crippen molar-refractivity contribution >= 4 is 11.3 Å². The van der Waals surface area contributed by atoms with Crippen LogP contribution >= 0.6 is 11.3 Å². The Morgan fingerprint density at radius 2 is 2.33 bits per heavy atom. The summed E-state index contributed by atoms with van der Waals surface area (Å²) in [7, 11) is 1.87. The maximum Gasteiger partial charge on any atom is 0.443 e. The number of likely N-dealkylation sites (N-methyl/N-ethyl adjacent to an activating group) is 1. The van der Waals surface area contributed by atoms with Gasteiger partial charge in [-0.15, -0.1) is 11.3 Å². The van der Waals surface area contributed by atoms with Crippen LogP contribution in [0.5, 0.6) is 0 Å². The molecule has 1 aromatic rings. The second-order valence-corrected chi connectivity index (χ2v) is 5.24. The van der Waals surface area contributed by atoms with Crippen molar-refractivity contribution in [1.82, 2.24) is 9.88 Å². The first-order chi connectivity index (χ1) is 8.38. The van der Waals surface area contributed by atoms with E-state index < -0.39 is 23.4 Å². The molecule has 0 amide bonds. The maximum absolute atomic E-state index is 12.4. The summed E-state index contributed by atoms with van der Waals surface area (Å²) in [5.74, 6) is 0. The number of ether oxygens (including phenoxy) is 1. The average Bonchev–Trinajstić information content (AvgIpc) is 2.77. The molecule has 0 bridgehead atoms. The van der Waals surface area contributed by atoms with Gasteiger partial charge in [-0.2, -0.15) is 13.2 Å². The standard InChI is InChI=1S/C10H13F3N2O2S/c1-15-2-3-17-6(5-15)8(16)7-4-14-9(18-7)10(11,12)13/h4,6,8,16H,2-3,5H2,1H3. The molecule has 1 fully saturated rings. The molecule has 2 rings (SSSR count). The van der Waals surface area contributed by atoms with Crippen LogP contribution in [0.2, 0.25) is 0 Å². The number of morpholine rings is 1. The maximum atomic E-state index is 12.4. The van der Waals surface area contributed by atoms with Crippen molar-refractivity contribution < 1.29 is 23.0 Å². The Kier molecular flexibility index (Phi) is 3.90. The van der Waals surface area contributed by atoms with Gasteiger partial charge in [-0.3, -0.25) is 0 Å². The van der Waals surface area contributed by atoms with Crippen molar-refractivity contribution in [2.45, 2.75) is 18.4 Å². The second kappa shape index (κ2) is 5.12. The Morgan fingerprint density at radius 1 is 1.61 bits per heavy atom. The van der Waals surface area contributed by atoms with Crippen molar-refractivity contribution in [3.63, 3.8) is 0 Å². The van der Waals surface area contributed by atoms with Crippen LogP contribution in [0.1, 0.15) is 16.0 Å². The van der Waals surface area contributed by atoms with Crippen molar-refractivity contribution in [3.05, 3.63) is 16.1 Å². The van der Waals surface area contributed by atoms with Crippen LogP contribution in [0, 0.1) is 0 Å². The van der Waals surface area contributed by atoms with Gasteiger partial charge in [-0.05, 0) is 7.05 Å². The van der Waals surface area contributed by atoms with Crippen molar-refractivity contribution in [1.29, 1.82) is 0 Å². The third-order valence-electron chi connectivity index (χ3n) is 2.71. The molecule has 0 aromatic carbocycles. The van der Waals surface area contributed by atoms with Gasteiger partial charge >= 0.3 is 6.18 Å². The molecule has 18 heavy (non-hydrogen) atoms. The van der Waals surface area contributed by atoms with Gasteiger partial charge in [0.15, 0.2) is 5.01 Å². The summed E-state index contributed by atoms with van der Waals surface area (Å²) in [5, 5.41) is 9.05. The highest BCUT2D eigenvalue weighted by Crippen LogP contribution is 2.35. The Bertz CT molecular complexity index is 410. The molecule has 2 unspecified atom stereocenters. The lowest BCUT2D eigenvalue weighted by atomic mass is 10.1.